The van der Waals surface area contributed by atoms with Crippen LogP contribution < -0.4 is 31.6 Å². The Kier molecular flexibility index (Phi) is 8.69. The second kappa shape index (κ2) is 11.7. The molecule has 41 heavy (non-hydrogen) atoms. The van der Waals surface area contributed by atoms with Crippen molar-refractivity contribution in [2.24, 2.45) is 7.05 Å². The Morgan fingerprint density at radius 2 is 1.80 bits per heavy atom. The van der Waals surface area contributed by atoms with E-state index in [1.165, 1.54) is 57.4 Å². The molecule has 1 unspecified atom stereocenters. The number of aliphatic hydroxyl groups excluding tert-OH is 2. The first-order valence-corrected chi connectivity index (χ1v) is 14.6. The van der Waals surface area contributed by atoms with Gasteiger partial charge in [0.25, 0.3) is 21.3 Å². The normalized spacial score (nSPS) is 12.5. The van der Waals surface area contributed by atoms with Crippen LogP contribution in [0.4, 0.5) is 21.5 Å². The Hall–Kier alpha value is -3.58. The van der Waals surface area contributed by atoms with E-state index in [2.05, 4.69) is 14.8 Å². The average molecular weight is 700 g/mol. The van der Waals surface area contributed by atoms with Crippen LogP contribution >= 0.6 is 22.6 Å². The fourth-order valence-corrected chi connectivity index (χ4v) is 5.27. The number of hydrogen-bond donors (Lipinski definition) is 5. The van der Waals surface area contributed by atoms with Gasteiger partial charge in [0.2, 0.25) is 0 Å². The van der Waals surface area contributed by atoms with Crippen LogP contribution in [0.3, 0.4) is 0 Å². The molecule has 0 aliphatic rings. The van der Waals surface area contributed by atoms with Crippen LogP contribution in [0.25, 0.3) is 16.7 Å². The van der Waals surface area contributed by atoms with Crippen molar-refractivity contribution < 1.29 is 23.0 Å². The highest BCUT2D eigenvalue weighted by Gasteiger charge is 2.25. The van der Waals surface area contributed by atoms with Crippen molar-refractivity contribution in [2.75, 3.05) is 23.7 Å². The van der Waals surface area contributed by atoms with Gasteiger partial charge in [-0.2, -0.15) is 8.42 Å². The van der Waals surface area contributed by atoms with E-state index in [9.17, 15) is 37.4 Å². The van der Waals surface area contributed by atoms with Crippen molar-refractivity contribution in [1.29, 1.82) is 0 Å². The zero-order chi connectivity index (χ0) is 30.2. The lowest BCUT2D eigenvalue weighted by Crippen LogP contribution is -2.44. The number of anilines is 3. The highest BCUT2D eigenvalue weighted by atomic mass is 127. The van der Waals surface area contributed by atoms with E-state index >= 15 is 0 Å². The van der Waals surface area contributed by atoms with Crippen molar-refractivity contribution in [3.63, 3.8) is 0 Å². The van der Waals surface area contributed by atoms with E-state index in [1.54, 1.807) is 6.07 Å². The van der Waals surface area contributed by atoms with Crippen LogP contribution in [-0.2, 0) is 23.8 Å². The van der Waals surface area contributed by atoms with E-state index < -0.39 is 52.1 Å². The zero-order valence-corrected chi connectivity index (χ0v) is 24.9. The van der Waals surface area contributed by atoms with Crippen LogP contribution in [0.2, 0.25) is 0 Å². The first-order chi connectivity index (χ1) is 19.3. The molecule has 0 spiro atoms. The molecule has 0 bridgehead atoms. The van der Waals surface area contributed by atoms with E-state index in [4.69, 9.17) is 0 Å². The molecule has 0 fully saturated rings. The number of fused-ring (bicyclic) bond motifs is 1. The smallest absolute Gasteiger partial charge is 0.337 e. The minimum absolute atomic E-state index is 0.0365. The number of aliphatic hydroxyl groups is 2. The molecule has 4 aromatic rings. The molecular weight excluding hydrogens is 674 g/mol. The van der Waals surface area contributed by atoms with E-state index in [1.807, 2.05) is 22.6 Å². The second-order valence-corrected chi connectivity index (χ2v) is 11.9. The Bertz CT molecular complexity index is 1960. The second-order valence-electron chi connectivity index (χ2n) is 9.04. The number of nitrogens with one attached hydrogen (secondary N) is 3. The third-order valence-corrected chi connectivity index (χ3v) is 8.02. The van der Waals surface area contributed by atoms with Crippen LogP contribution in [0.1, 0.15) is 5.56 Å². The lowest BCUT2D eigenvalue weighted by atomic mass is 10.1. The standard InChI is InChI=1S/C25H26FIN6O7S/c1-13-21(29-19-8-7-14(27)9-18(19)26)20-22(31(3)23(13)36)33(25(38)32(24(20)37)11-17(35)12-34)16-6-4-5-15(10-16)30-41(39,40)28-2/h4-10,17,28-30,34-35H,11-12H2,1-3H3. The van der Waals surface area contributed by atoms with Gasteiger partial charge in [0.15, 0.2) is 0 Å². The van der Waals surface area contributed by atoms with Crippen LogP contribution in [0, 0.1) is 16.3 Å². The first kappa shape index (κ1) is 30.4. The van der Waals surface area contributed by atoms with Gasteiger partial charge in [-0.05, 0) is 65.9 Å². The Morgan fingerprint density at radius 1 is 1.10 bits per heavy atom. The fourth-order valence-electron chi connectivity index (χ4n) is 4.28. The van der Waals surface area contributed by atoms with Gasteiger partial charge in [0.05, 0.1) is 42.0 Å². The summed E-state index contributed by atoms with van der Waals surface area (Å²) in [5.74, 6) is -0.654. The number of nitrogens with zero attached hydrogens (tertiary/aromatic N) is 3. The summed E-state index contributed by atoms with van der Waals surface area (Å²) in [7, 11) is -1.38. The maximum Gasteiger partial charge on any atom is 0.337 e. The molecule has 1 atom stereocenters. The largest absolute Gasteiger partial charge is 0.394 e. The Balaban J connectivity index is 2.15. The number of benzene rings is 2. The number of hydrogen-bond acceptors (Lipinski definition) is 8. The molecule has 0 aliphatic heterocycles. The maximum atomic E-state index is 14.9. The quantitative estimate of drug-likeness (QED) is 0.160. The maximum absolute atomic E-state index is 14.9. The summed E-state index contributed by atoms with van der Waals surface area (Å²) in [6.45, 7) is 0.0789. The first-order valence-electron chi connectivity index (χ1n) is 12.0. The third-order valence-electron chi connectivity index (χ3n) is 6.30. The number of aryl methyl sites for hydroxylation is 1. The van der Waals surface area contributed by atoms with Crippen molar-refractivity contribution >= 4 is 60.9 Å². The predicted molar refractivity (Wildman–Crippen MR) is 161 cm³/mol. The monoisotopic (exact) mass is 700 g/mol. The summed E-state index contributed by atoms with van der Waals surface area (Å²) in [5.41, 5.74) is -2.60. The fraction of sp³-hybridized carbons (Fsp3) is 0.240. The molecule has 4 rings (SSSR count). The topological polar surface area (TPSA) is 177 Å². The molecule has 0 saturated carbocycles. The summed E-state index contributed by atoms with van der Waals surface area (Å²) in [6.07, 6.45) is -1.49. The molecule has 0 aliphatic carbocycles. The number of rotatable bonds is 9. The van der Waals surface area contributed by atoms with Crippen LogP contribution in [0.5, 0.6) is 0 Å². The SMILES string of the molecule is CNS(=O)(=O)Nc1cccc(-n2c(=O)n(CC(O)CO)c(=O)c3c(Nc4ccc(I)cc4F)c(C)c(=O)n(C)c32)c1. The van der Waals surface area contributed by atoms with Gasteiger partial charge in [0.1, 0.15) is 16.9 Å². The summed E-state index contributed by atoms with van der Waals surface area (Å²) in [6, 6.07) is 9.94. The van der Waals surface area contributed by atoms with Gasteiger partial charge in [0, 0.05) is 23.2 Å². The molecule has 2 heterocycles. The van der Waals surface area contributed by atoms with Gasteiger partial charge >= 0.3 is 5.69 Å². The Labute approximate surface area is 246 Å². The van der Waals surface area contributed by atoms with E-state index in [0.29, 0.717) is 8.14 Å². The predicted octanol–water partition coefficient (Wildman–Crippen LogP) is 0.876. The van der Waals surface area contributed by atoms with Gasteiger partial charge in [-0.3, -0.25) is 23.4 Å². The van der Waals surface area contributed by atoms with Gasteiger partial charge in [-0.1, -0.05) is 6.07 Å². The lowest BCUT2D eigenvalue weighted by molar-refractivity contribution is 0.0792. The number of aromatic nitrogens is 3. The van der Waals surface area contributed by atoms with Crippen molar-refractivity contribution in [1.82, 2.24) is 18.4 Å². The minimum atomic E-state index is -3.93. The van der Waals surface area contributed by atoms with Gasteiger partial charge in [-0.15, -0.1) is 0 Å². The Morgan fingerprint density at radius 3 is 2.44 bits per heavy atom. The number of pyridine rings is 1. The summed E-state index contributed by atoms with van der Waals surface area (Å²) in [4.78, 5) is 41.0. The highest BCUT2D eigenvalue weighted by Crippen LogP contribution is 2.28. The highest BCUT2D eigenvalue weighted by molar-refractivity contribution is 14.1. The van der Waals surface area contributed by atoms with Crippen molar-refractivity contribution in [3.8, 4) is 5.69 Å². The molecule has 0 radical (unpaired) electrons. The summed E-state index contributed by atoms with van der Waals surface area (Å²) >= 11 is 1.93. The van der Waals surface area contributed by atoms with E-state index in [-0.39, 0.29) is 39.3 Å². The molecule has 0 amide bonds. The molecule has 5 N–H and O–H groups in total. The minimum Gasteiger partial charge on any atom is -0.394 e. The summed E-state index contributed by atoms with van der Waals surface area (Å²) < 4.78 is 46.8. The summed E-state index contributed by atoms with van der Waals surface area (Å²) in [5, 5.41) is 22.2. The van der Waals surface area contributed by atoms with Crippen LogP contribution in [-0.4, -0.2) is 52.1 Å². The molecule has 16 heteroatoms. The van der Waals surface area contributed by atoms with Gasteiger partial charge in [-0.25, -0.2) is 18.5 Å². The number of halogens is 2. The van der Waals surface area contributed by atoms with Crippen LogP contribution in [0.15, 0.2) is 56.8 Å². The molecule has 0 saturated heterocycles. The molecule has 218 valence electrons. The molecular formula is C25H26FIN6O7S. The molecule has 2 aromatic heterocycles. The van der Waals surface area contributed by atoms with E-state index in [0.717, 1.165) is 9.13 Å². The van der Waals surface area contributed by atoms with Crippen molar-refractivity contribution in [2.45, 2.75) is 19.6 Å². The molecule has 13 nitrogen and oxygen atoms in total. The average Bonchev–Trinajstić information content (AvgIpc) is 2.93. The van der Waals surface area contributed by atoms with Crippen molar-refractivity contribution in [3.05, 3.63) is 88.6 Å². The van der Waals surface area contributed by atoms with Gasteiger partial charge < -0.3 is 15.5 Å². The molecule has 2 aromatic carbocycles. The lowest BCUT2D eigenvalue weighted by Gasteiger charge is -2.21. The third kappa shape index (κ3) is 5.91. The zero-order valence-electron chi connectivity index (χ0n) is 22.0.